The van der Waals surface area contributed by atoms with E-state index in [1.54, 1.807) is 24.5 Å². The van der Waals surface area contributed by atoms with E-state index in [2.05, 4.69) is 15.3 Å². The first kappa shape index (κ1) is 13.1. The van der Waals surface area contributed by atoms with Gasteiger partial charge in [-0.25, -0.2) is 4.39 Å². The van der Waals surface area contributed by atoms with Crippen LogP contribution in [0.1, 0.15) is 22.5 Å². The minimum Gasteiger partial charge on any atom is -0.307 e. The number of hydrogen-bond acceptors (Lipinski definition) is 4. The highest BCUT2D eigenvalue weighted by Gasteiger charge is 2.02. The number of halogens is 1. The third-order valence-electron chi connectivity index (χ3n) is 2.62. The summed E-state index contributed by atoms with van der Waals surface area (Å²) in [6.07, 6.45) is 3.43. The van der Waals surface area contributed by atoms with E-state index in [4.69, 9.17) is 5.26 Å². The molecule has 4 nitrogen and oxygen atoms in total. The van der Waals surface area contributed by atoms with Crippen LogP contribution in [0.15, 0.2) is 30.6 Å². The molecule has 0 aliphatic heterocycles. The second-order valence-corrected chi connectivity index (χ2v) is 4.18. The molecule has 0 amide bonds. The highest BCUT2D eigenvalue weighted by molar-refractivity contribution is 5.34. The summed E-state index contributed by atoms with van der Waals surface area (Å²) in [6, 6.07) is 6.33. The van der Waals surface area contributed by atoms with E-state index < -0.39 is 5.82 Å². The number of nitriles is 1. The Labute approximate surface area is 110 Å². The van der Waals surface area contributed by atoms with Crippen molar-refractivity contribution in [2.24, 2.45) is 0 Å². The van der Waals surface area contributed by atoms with E-state index in [0.29, 0.717) is 13.1 Å². The molecule has 0 aliphatic carbocycles. The second-order valence-electron chi connectivity index (χ2n) is 4.18. The fraction of sp³-hybridized carbons (Fsp3) is 0.214. The van der Waals surface area contributed by atoms with E-state index in [-0.39, 0.29) is 5.56 Å². The number of hydrogen-bond donors (Lipinski definition) is 1. The Balaban J connectivity index is 1.92. The number of benzene rings is 1. The van der Waals surface area contributed by atoms with Crippen molar-refractivity contribution in [2.45, 2.75) is 20.0 Å². The van der Waals surface area contributed by atoms with Gasteiger partial charge < -0.3 is 5.32 Å². The average molecular weight is 256 g/mol. The van der Waals surface area contributed by atoms with Gasteiger partial charge in [-0.05, 0) is 24.6 Å². The Morgan fingerprint density at radius 2 is 2.11 bits per heavy atom. The lowest BCUT2D eigenvalue weighted by Crippen LogP contribution is -2.14. The van der Waals surface area contributed by atoms with Gasteiger partial charge in [-0.2, -0.15) is 5.26 Å². The van der Waals surface area contributed by atoms with Crippen LogP contribution in [-0.4, -0.2) is 9.97 Å². The van der Waals surface area contributed by atoms with E-state index in [1.807, 2.05) is 13.0 Å². The molecule has 0 atom stereocenters. The predicted octanol–water partition coefficient (Wildman–Crippen LogP) is 2.09. The molecular formula is C14H13FN4. The third kappa shape index (κ3) is 3.57. The van der Waals surface area contributed by atoms with E-state index in [0.717, 1.165) is 17.0 Å². The van der Waals surface area contributed by atoms with Crippen LogP contribution in [-0.2, 0) is 13.1 Å². The standard InChI is InChI=1S/C14H13FN4/c1-10-6-19-13(9-18-10)8-17-7-11-2-3-14(15)12(4-11)5-16/h2-4,6,9,17H,7-8H2,1H3. The SMILES string of the molecule is Cc1cnc(CNCc2ccc(F)c(C#N)c2)cn1. The van der Waals surface area contributed by atoms with Crippen molar-refractivity contribution in [2.75, 3.05) is 0 Å². The van der Waals surface area contributed by atoms with Crippen LogP contribution < -0.4 is 5.32 Å². The van der Waals surface area contributed by atoms with Crippen LogP contribution in [0.3, 0.4) is 0 Å². The van der Waals surface area contributed by atoms with Crippen molar-refractivity contribution >= 4 is 0 Å². The molecule has 0 saturated heterocycles. The number of rotatable bonds is 4. The normalized spacial score (nSPS) is 10.2. The zero-order valence-corrected chi connectivity index (χ0v) is 10.5. The van der Waals surface area contributed by atoms with E-state index in [9.17, 15) is 4.39 Å². The summed E-state index contributed by atoms with van der Waals surface area (Å²) in [5.74, 6) is -0.490. The van der Waals surface area contributed by atoms with Crippen LogP contribution in [0.2, 0.25) is 0 Å². The van der Waals surface area contributed by atoms with Gasteiger partial charge in [0, 0.05) is 25.5 Å². The third-order valence-corrected chi connectivity index (χ3v) is 2.62. The Bertz CT molecular complexity index is 602. The molecule has 1 aromatic carbocycles. The van der Waals surface area contributed by atoms with Crippen molar-refractivity contribution in [3.8, 4) is 6.07 Å². The summed E-state index contributed by atoms with van der Waals surface area (Å²) in [5, 5.41) is 11.9. The van der Waals surface area contributed by atoms with Crippen molar-refractivity contribution in [1.29, 1.82) is 5.26 Å². The van der Waals surface area contributed by atoms with E-state index in [1.165, 1.54) is 6.07 Å². The maximum absolute atomic E-state index is 13.1. The highest BCUT2D eigenvalue weighted by atomic mass is 19.1. The van der Waals surface area contributed by atoms with Crippen LogP contribution >= 0.6 is 0 Å². The first-order chi connectivity index (χ1) is 9.19. The first-order valence-electron chi connectivity index (χ1n) is 5.86. The van der Waals surface area contributed by atoms with Crippen molar-refractivity contribution in [3.05, 3.63) is 58.9 Å². The zero-order valence-electron chi connectivity index (χ0n) is 10.5. The highest BCUT2D eigenvalue weighted by Crippen LogP contribution is 2.09. The summed E-state index contributed by atoms with van der Waals surface area (Å²) < 4.78 is 13.1. The number of aryl methyl sites for hydroxylation is 1. The Morgan fingerprint density at radius 1 is 1.26 bits per heavy atom. The van der Waals surface area contributed by atoms with Gasteiger partial charge in [0.2, 0.25) is 0 Å². The fourth-order valence-corrected chi connectivity index (χ4v) is 1.61. The molecule has 1 aromatic heterocycles. The van der Waals surface area contributed by atoms with Gasteiger partial charge in [0.15, 0.2) is 0 Å². The molecule has 19 heavy (non-hydrogen) atoms. The molecule has 0 unspecified atom stereocenters. The minimum atomic E-state index is -0.490. The van der Waals surface area contributed by atoms with Crippen LogP contribution in [0.5, 0.6) is 0 Å². The molecule has 2 aromatic rings. The Kier molecular flexibility index (Phi) is 4.16. The van der Waals surface area contributed by atoms with Gasteiger partial charge in [0.1, 0.15) is 11.9 Å². The van der Waals surface area contributed by atoms with Crippen molar-refractivity contribution in [1.82, 2.24) is 15.3 Å². The fourth-order valence-electron chi connectivity index (χ4n) is 1.61. The van der Waals surface area contributed by atoms with Crippen molar-refractivity contribution in [3.63, 3.8) is 0 Å². The molecule has 5 heteroatoms. The summed E-state index contributed by atoms with van der Waals surface area (Å²) in [4.78, 5) is 8.37. The molecule has 0 radical (unpaired) electrons. The van der Waals surface area contributed by atoms with E-state index >= 15 is 0 Å². The maximum atomic E-state index is 13.1. The number of nitrogens with one attached hydrogen (secondary N) is 1. The molecule has 0 spiro atoms. The predicted molar refractivity (Wildman–Crippen MR) is 68.4 cm³/mol. The molecule has 1 N–H and O–H groups in total. The smallest absolute Gasteiger partial charge is 0.140 e. The lowest BCUT2D eigenvalue weighted by atomic mass is 10.1. The van der Waals surface area contributed by atoms with Gasteiger partial charge in [-0.15, -0.1) is 0 Å². The van der Waals surface area contributed by atoms with Crippen LogP contribution in [0.4, 0.5) is 4.39 Å². The van der Waals surface area contributed by atoms with Gasteiger partial charge in [-0.3, -0.25) is 9.97 Å². The first-order valence-corrected chi connectivity index (χ1v) is 5.86. The number of nitrogens with zero attached hydrogens (tertiary/aromatic N) is 3. The molecule has 96 valence electrons. The van der Waals surface area contributed by atoms with Crippen molar-refractivity contribution < 1.29 is 4.39 Å². The van der Waals surface area contributed by atoms with Gasteiger partial charge in [-0.1, -0.05) is 6.07 Å². The maximum Gasteiger partial charge on any atom is 0.140 e. The van der Waals surface area contributed by atoms with Crippen LogP contribution in [0.25, 0.3) is 0 Å². The quantitative estimate of drug-likeness (QED) is 0.909. The average Bonchev–Trinajstić information content (AvgIpc) is 2.43. The largest absolute Gasteiger partial charge is 0.307 e. The number of aromatic nitrogens is 2. The molecule has 0 saturated carbocycles. The Hall–Kier alpha value is -2.32. The summed E-state index contributed by atoms with van der Waals surface area (Å²) in [6.45, 7) is 3.00. The lowest BCUT2D eigenvalue weighted by Gasteiger charge is -2.05. The molecular weight excluding hydrogens is 243 g/mol. The molecule has 1 heterocycles. The summed E-state index contributed by atoms with van der Waals surface area (Å²) in [7, 11) is 0. The second kappa shape index (κ2) is 6.03. The van der Waals surface area contributed by atoms with Gasteiger partial charge in [0.25, 0.3) is 0 Å². The molecule has 0 fully saturated rings. The Morgan fingerprint density at radius 3 is 2.79 bits per heavy atom. The molecule has 0 aliphatic rings. The molecule has 2 rings (SSSR count). The van der Waals surface area contributed by atoms with Gasteiger partial charge in [0.05, 0.1) is 17.0 Å². The topological polar surface area (TPSA) is 61.6 Å². The van der Waals surface area contributed by atoms with Gasteiger partial charge >= 0.3 is 0 Å². The zero-order chi connectivity index (χ0) is 13.7. The summed E-state index contributed by atoms with van der Waals surface area (Å²) in [5.41, 5.74) is 2.64. The van der Waals surface area contributed by atoms with Crippen LogP contribution in [0, 0.1) is 24.1 Å². The monoisotopic (exact) mass is 256 g/mol. The minimum absolute atomic E-state index is 0.0643. The lowest BCUT2D eigenvalue weighted by molar-refractivity contribution is 0.620. The summed E-state index contributed by atoms with van der Waals surface area (Å²) >= 11 is 0. The molecule has 0 bridgehead atoms.